The van der Waals surface area contributed by atoms with E-state index in [0.29, 0.717) is 16.3 Å². The lowest BCUT2D eigenvalue weighted by Gasteiger charge is -2.54. The first-order valence-corrected chi connectivity index (χ1v) is 12.8. The predicted molar refractivity (Wildman–Crippen MR) is 132 cm³/mol. The molecule has 3 N–H and O–H groups in total. The molecule has 3 fully saturated rings. The van der Waals surface area contributed by atoms with Gasteiger partial charge >= 0.3 is 0 Å². The minimum Gasteiger partial charge on any atom is -0.484 e. The topological polar surface area (TPSA) is 96.9 Å². The maximum atomic E-state index is 13.6. The highest BCUT2D eigenvalue weighted by Gasteiger charge is 2.50. The molecule has 2 aromatic rings. The van der Waals surface area contributed by atoms with Gasteiger partial charge in [0, 0.05) is 34.2 Å². The van der Waals surface area contributed by atoms with Crippen molar-refractivity contribution in [2.45, 2.75) is 68.2 Å². The Labute approximate surface area is 218 Å². The van der Waals surface area contributed by atoms with E-state index in [1.807, 2.05) is 0 Å². The Kier molecular flexibility index (Phi) is 6.78. The third kappa shape index (κ3) is 5.12. The van der Waals surface area contributed by atoms with E-state index in [4.69, 9.17) is 32.7 Å². The summed E-state index contributed by atoms with van der Waals surface area (Å²) in [5.74, 6) is -0.413. The molecule has 7 nitrogen and oxygen atoms in total. The Morgan fingerprint density at radius 3 is 2.36 bits per heavy atom. The molecule has 0 radical (unpaired) electrons. The molecule has 2 atom stereocenters. The van der Waals surface area contributed by atoms with Crippen molar-refractivity contribution in [2.75, 3.05) is 6.61 Å². The molecule has 1 heterocycles. The molecular weight excluding hydrogens is 510 g/mol. The molecule has 4 aliphatic rings. The van der Waals surface area contributed by atoms with Crippen LogP contribution in [0.4, 0.5) is 4.39 Å². The molecule has 1 aliphatic heterocycles. The van der Waals surface area contributed by atoms with Crippen molar-refractivity contribution >= 4 is 35.0 Å². The molecule has 3 saturated carbocycles. The molecule has 192 valence electrons. The summed E-state index contributed by atoms with van der Waals surface area (Å²) in [5, 5.41) is 17.3. The fourth-order valence-electron chi connectivity index (χ4n) is 5.53. The van der Waals surface area contributed by atoms with Gasteiger partial charge < -0.3 is 25.2 Å². The third-order valence-electron chi connectivity index (χ3n) is 7.63. The molecule has 2 aromatic carbocycles. The van der Waals surface area contributed by atoms with Crippen LogP contribution in [0.25, 0.3) is 0 Å². The van der Waals surface area contributed by atoms with Crippen LogP contribution in [0.1, 0.15) is 56.6 Å². The van der Waals surface area contributed by atoms with Crippen molar-refractivity contribution in [1.29, 1.82) is 0 Å². The number of nitrogens with one attached hydrogen (secondary N) is 2. The number of rotatable bonds is 6. The second-order valence-corrected chi connectivity index (χ2v) is 10.8. The standard InChI is InChI=1S/C26H27Cl2FN2O5/c27-15-1-4-21-17(11-15)20(32)13-22(36-21)24(34)31-26-8-5-25(6-9-26,7-10-26)30-23(33)14-35-16-2-3-18(28)19(29)12-16/h1-4,11-12,20,22,32H,5-10,13-14H2,(H,30,33)(H,31,34)/t20-,22-,25?,26?/m0/s1. The molecule has 0 aromatic heterocycles. The maximum Gasteiger partial charge on any atom is 0.261 e. The number of carbonyl (C=O) groups is 2. The summed E-state index contributed by atoms with van der Waals surface area (Å²) in [5.41, 5.74) is -0.102. The lowest BCUT2D eigenvalue weighted by atomic mass is 9.61. The van der Waals surface area contributed by atoms with E-state index < -0.39 is 18.0 Å². The van der Waals surface area contributed by atoms with E-state index in [1.165, 1.54) is 12.1 Å². The lowest BCUT2D eigenvalue weighted by Crippen LogP contribution is -2.65. The van der Waals surface area contributed by atoms with Crippen molar-refractivity contribution in [3.05, 3.63) is 57.8 Å². The van der Waals surface area contributed by atoms with Gasteiger partial charge in [-0.1, -0.05) is 23.2 Å². The number of carbonyl (C=O) groups excluding carboxylic acids is 2. The largest absolute Gasteiger partial charge is 0.484 e. The van der Waals surface area contributed by atoms with Gasteiger partial charge in [-0.05, 0) is 68.9 Å². The molecule has 2 bridgehead atoms. The first kappa shape index (κ1) is 25.1. The first-order chi connectivity index (χ1) is 17.2. The van der Waals surface area contributed by atoms with Gasteiger partial charge in [-0.3, -0.25) is 9.59 Å². The Balaban J connectivity index is 1.14. The van der Waals surface area contributed by atoms with Gasteiger partial charge in [0.05, 0.1) is 11.1 Å². The zero-order chi connectivity index (χ0) is 25.5. The van der Waals surface area contributed by atoms with Crippen LogP contribution in [0.5, 0.6) is 11.5 Å². The van der Waals surface area contributed by atoms with E-state index >= 15 is 0 Å². The average Bonchev–Trinajstić information content (AvgIpc) is 2.86. The van der Waals surface area contributed by atoms with E-state index in [1.54, 1.807) is 18.2 Å². The van der Waals surface area contributed by atoms with Gasteiger partial charge in [0.2, 0.25) is 0 Å². The minimum atomic E-state index is -0.826. The van der Waals surface area contributed by atoms with Gasteiger partial charge in [0.15, 0.2) is 12.7 Å². The van der Waals surface area contributed by atoms with Gasteiger partial charge in [-0.15, -0.1) is 0 Å². The number of aliphatic hydroxyl groups excluding tert-OH is 1. The van der Waals surface area contributed by atoms with Gasteiger partial charge in [-0.25, -0.2) is 4.39 Å². The number of ether oxygens (including phenoxy) is 2. The van der Waals surface area contributed by atoms with Crippen molar-refractivity contribution in [1.82, 2.24) is 10.6 Å². The first-order valence-electron chi connectivity index (χ1n) is 12.0. The number of amides is 2. The summed E-state index contributed by atoms with van der Waals surface area (Å²) in [6.07, 6.45) is 2.90. The van der Waals surface area contributed by atoms with Crippen molar-refractivity contribution in [2.24, 2.45) is 0 Å². The van der Waals surface area contributed by atoms with E-state index in [0.717, 1.165) is 44.6 Å². The Morgan fingerprint density at radius 2 is 1.69 bits per heavy atom. The summed E-state index contributed by atoms with van der Waals surface area (Å²) in [7, 11) is 0. The van der Waals surface area contributed by atoms with Crippen molar-refractivity contribution < 1.29 is 28.6 Å². The Morgan fingerprint density at radius 1 is 1.03 bits per heavy atom. The highest BCUT2D eigenvalue weighted by Crippen LogP contribution is 2.47. The van der Waals surface area contributed by atoms with Gasteiger partial charge in [0.25, 0.3) is 11.8 Å². The zero-order valence-corrected chi connectivity index (χ0v) is 21.0. The van der Waals surface area contributed by atoms with Crippen molar-refractivity contribution in [3.8, 4) is 11.5 Å². The summed E-state index contributed by atoms with van der Waals surface area (Å²) in [4.78, 5) is 25.7. The maximum absolute atomic E-state index is 13.6. The van der Waals surface area contributed by atoms with Crippen LogP contribution in [-0.4, -0.2) is 40.7 Å². The average molecular weight is 537 g/mol. The predicted octanol–water partition coefficient (Wildman–Crippen LogP) is 4.47. The Bertz CT molecular complexity index is 1170. The van der Waals surface area contributed by atoms with Crippen LogP contribution in [0, 0.1) is 5.82 Å². The smallest absolute Gasteiger partial charge is 0.261 e. The molecule has 0 spiro atoms. The molecule has 6 rings (SSSR count). The number of hydrogen-bond donors (Lipinski definition) is 3. The quantitative estimate of drug-likeness (QED) is 0.505. The van der Waals surface area contributed by atoms with Crippen LogP contribution in [0.15, 0.2) is 36.4 Å². The summed E-state index contributed by atoms with van der Waals surface area (Å²) >= 11 is 11.7. The number of benzene rings is 2. The Hall–Kier alpha value is -2.55. The number of halogens is 3. The van der Waals surface area contributed by atoms with Crippen LogP contribution in [0.2, 0.25) is 10.0 Å². The third-order valence-corrected chi connectivity index (χ3v) is 8.17. The zero-order valence-electron chi connectivity index (χ0n) is 19.5. The minimum absolute atomic E-state index is 0.00775. The van der Waals surface area contributed by atoms with Crippen LogP contribution >= 0.6 is 23.2 Å². The summed E-state index contributed by atoms with van der Waals surface area (Å²) < 4.78 is 24.9. The molecule has 2 amide bonds. The van der Waals surface area contributed by atoms with E-state index in [9.17, 15) is 19.1 Å². The van der Waals surface area contributed by atoms with Gasteiger partial charge in [-0.2, -0.15) is 0 Å². The highest BCUT2D eigenvalue weighted by molar-refractivity contribution is 6.31. The number of hydrogen-bond acceptors (Lipinski definition) is 5. The monoisotopic (exact) mass is 536 g/mol. The number of fused-ring (bicyclic) bond motifs is 4. The molecule has 10 heteroatoms. The second kappa shape index (κ2) is 9.72. The number of aliphatic hydroxyl groups is 1. The second-order valence-electron chi connectivity index (χ2n) is 10.0. The molecule has 36 heavy (non-hydrogen) atoms. The van der Waals surface area contributed by atoms with E-state index in [2.05, 4.69) is 10.6 Å². The SMILES string of the molecule is O=C(COc1ccc(Cl)c(F)c1)NC12CCC(NC(=O)[C@@H]3C[C@H](O)c4cc(Cl)ccc4O3)(CC1)CC2. The van der Waals surface area contributed by atoms with Crippen LogP contribution < -0.4 is 20.1 Å². The fourth-order valence-corrected chi connectivity index (χ4v) is 5.83. The lowest BCUT2D eigenvalue weighted by molar-refractivity contribution is -0.135. The van der Waals surface area contributed by atoms with Crippen LogP contribution in [0.3, 0.4) is 0 Å². The highest BCUT2D eigenvalue weighted by atomic mass is 35.5. The molecule has 0 saturated heterocycles. The van der Waals surface area contributed by atoms with Gasteiger partial charge in [0.1, 0.15) is 17.3 Å². The normalized spacial score (nSPS) is 28.6. The summed E-state index contributed by atoms with van der Waals surface area (Å²) in [6, 6.07) is 9.04. The fraction of sp³-hybridized carbons (Fsp3) is 0.462. The molecule has 0 unspecified atom stereocenters. The summed E-state index contributed by atoms with van der Waals surface area (Å²) in [6.45, 7) is -0.223. The van der Waals surface area contributed by atoms with Crippen molar-refractivity contribution in [3.63, 3.8) is 0 Å². The van der Waals surface area contributed by atoms with E-state index in [-0.39, 0.29) is 46.7 Å². The molecular formula is C26H27Cl2FN2O5. The molecule has 3 aliphatic carbocycles. The van der Waals surface area contributed by atoms with Crippen LogP contribution in [-0.2, 0) is 9.59 Å².